The van der Waals surface area contributed by atoms with E-state index in [2.05, 4.69) is 10.4 Å². The number of primary amides is 1. The molecule has 8 heteroatoms. The van der Waals surface area contributed by atoms with Gasteiger partial charge in [0.05, 0.1) is 16.9 Å². The maximum absolute atomic E-state index is 10.8. The van der Waals surface area contributed by atoms with Gasteiger partial charge in [-0.2, -0.15) is 5.10 Å². The lowest BCUT2D eigenvalue weighted by Crippen LogP contribution is -2.18. The molecule has 1 aromatic heterocycles. The largest absolute Gasteiger partial charge is 0.506 e. The van der Waals surface area contributed by atoms with Crippen LogP contribution in [-0.4, -0.2) is 20.8 Å². The van der Waals surface area contributed by atoms with Gasteiger partial charge in [0, 0.05) is 23.3 Å². The molecule has 6 nitrogen and oxygen atoms in total. The maximum Gasteiger partial charge on any atom is 0.239 e. The zero-order valence-electron chi connectivity index (χ0n) is 10.3. The first-order valence-electron chi connectivity index (χ1n) is 5.67. The molecule has 1 aromatic carbocycles. The lowest BCUT2D eigenvalue weighted by atomic mass is 10.2. The standard InChI is InChI=1S/C12H12Cl2N4O2/c13-8-1-7(12(20)10(14)2-8)3-16-9-4-17-18(5-9)6-11(15)19/h1-2,4-5,16,20H,3,6H2,(H2,15,19). The second-order valence-corrected chi connectivity index (χ2v) is 4.99. The van der Waals surface area contributed by atoms with Gasteiger partial charge in [-0.15, -0.1) is 0 Å². The minimum Gasteiger partial charge on any atom is -0.506 e. The predicted octanol–water partition coefficient (Wildman–Crippen LogP) is 1.99. The molecule has 0 spiro atoms. The van der Waals surface area contributed by atoms with Crippen LogP contribution in [0, 0.1) is 0 Å². The van der Waals surface area contributed by atoms with Crippen molar-refractivity contribution >= 4 is 34.8 Å². The number of hydrogen-bond donors (Lipinski definition) is 3. The highest BCUT2D eigenvalue weighted by Crippen LogP contribution is 2.31. The first kappa shape index (κ1) is 14.5. The summed E-state index contributed by atoms with van der Waals surface area (Å²) in [5.74, 6) is -0.494. The Morgan fingerprint density at radius 2 is 2.20 bits per heavy atom. The molecule has 1 amide bonds. The average molecular weight is 315 g/mol. The SMILES string of the molecule is NC(=O)Cn1cc(NCc2cc(Cl)cc(Cl)c2O)cn1. The smallest absolute Gasteiger partial charge is 0.239 e. The molecule has 0 atom stereocenters. The Kier molecular flexibility index (Phi) is 4.36. The molecule has 0 unspecified atom stereocenters. The number of benzene rings is 1. The zero-order valence-corrected chi connectivity index (χ0v) is 11.8. The highest BCUT2D eigenvalue weighted by atomic mass is 35.5. The number of aromatic nitrogens is 2. The van der Waals surface area contributed by atoms with Gasteiger partial charge in [-0.3, -0.25) is 9.48 Å². The van der Waals surface area contributed by atoms with Crippen molar-refractivity contribution in [3.63, 3.8) is 0 Å². The van der Waals surface area contributed by atoms with Gasteiger partial charge in [-0.25, -0.2) is 0 Å². The summed E-state index contributed by atoms with van der Waals surface area (Å²) in [6.07, 6.45) is 3.18. The number of nitrogens with two attached hydrogens (primary N) is 1. The van der Waals surface area contributed by atoms with E-state index in [-0.39, 0.29) is 17.3 Å². The fraction of sp³-hybridized carbons (Fsp3) is 0.167. The first-order chi connectivity index (χ1) is 9.45. The fourth-order valence-electron chi connectivity index (χ4n) is 1.65. The van der Waals surface area contributed by atoms with E-state index in [4.69, 9.17) is 28.9 Å². The lowest BCUT2D eigenvalue weighted by molar-refractivity contribution is -0.118. The number of nitrogens with zero attached hydrogens (tertiary/aromatic N) is 2. The molecule has 0 fully saturated rings. The van der Waals surface area contributed by atoms with Crippen molar-refractivity contribution in [1.82, 2.24) is 9.78 Å². The van der Waals surface area contributed by atoms with E-state index in [0.717, 1.165) is 0 Å². The Bertz CT molecular complexity index is 642. The number of amides is 1. The summed E-state index contributed by atoms with van der Waals surface area (Å²) in [4.78, 5) is 10.8. The maximum atomic E-state index is 10.8. The summed E-state index contributed by atoms with van der Waals surface area (Å²) < 4.78 is 1.41. The summed E-state index contributed by atoms with van der Waals surface area (Å²) in [7, 11) is 0. The number of phenolic OH excluding ortho intramolecular Hbond substituents is 1. The second kappa shape index (κ2) is 6.02. The summed E-state index contributed by atoms with van der Waals surface area (Å²) in [6, 6.07) is 3.08. The Morgan fingerprint density at radius 1 is 1.45 bits per heavy atom. The number of nitrogens with one attached hydrogen (secondary N) is 1. The molecule has 1 heterocycles. The average Bonchev–Trinajstić information content (AvgIpc) is 2.78. The van der Waals surface area contributed by atoms with Crippen LogP contribution >= 0.6 is 23.2 Å². The molecule has 0 saturated heterocycles. The van der Waals surface area contributed by atoms with Gasteiger partial charge in [0.2, 0.25) is 5.91 Å². The number of carbonyl (C=O) groups excluding carboxylic acids is 1. The van der Waals surface area contributed by atoms with E-state index in [1.165, 1.54) is 10.7 Å². The third-order valence-electron chi connectivity index (χ3n) is 2.54. The topological polar surface area (TPSA) is 93.2 Å². The van der Waals surface area contributed by atoms with E-state index in [9.17, 15) is 9.90 Å². The van der Waals surface area contributed by atoms with Crippen LogP contribution in [0.1, 0.15) is 5.56 Å². The fourth-order valence-corrected chi connectivity index (χ4v) is 2.19. The van der Waals surface area contributed by atoms with Crippen molar-refractivity contribution in [3.05, 3.63) is 40.1 Å². The van der Waals surface area contributed by atoms with E-state index in [1.807, 2.05) is 0 Å². The van der Waals surface area contributed by atoms with Crippen LogP contribution in [-0.2, 0) is 17.9 Å². The van der Waals surface area contributed by atoms with Crippen molar-refractivity contribution in [2.24, 2.45) is 5.73 Å². The first-order valence-corrected chi connectivity index (χ1v) is 6.43. The van der Waals surface area contributed by atoms with Crippen LogP contribution in [0.15, 0.2) is 24.5 Å². The number of hydrogen-bond acceptors (Lipinski definition) is 4. The number of anilines is 1. The highest BCUT2D eigenvalue weighted by molar-refractivity contribution is 6.35. The minimum atomic E-state index is -0.473. The Hall–Kier alpha value is -1.92. The molecule has 2 rings (SSSR count). The second-order valence-electron chi connectivity index (χ2n) is 4.14. The molecule has 0 aliphatic heterocycles. The number of carbonyl (C=O) groups is 1. The van der Waals surface area contributed by atoms with Crippen molar-refractivity contribution in [2.75, 3.05) is 5.32 Å². The summed E-state index contributed by atoms with van der Waals surface area (Å²) in [6.45, 7) is 0.324. The van der Waals surface area contributed by atoms with E-state index >= 15 is 0 Å². The molecule has 0 aliphatic carbocycles. The van der Waals surface area contributed by atoms with Crippen LogP contribution in [0.2, 0.25) is 10.0 Å². The van der Waals surface area contributed by atoms with Gasteiger partial charge in [-0.05, 0) is 12.1 Å². The van der Waals surface area contributed by atoms with Crippen LogP contribution in [0.4, 0.5) is 5.69 Å². The Balaban J connectivity index is 2.05. The van der Waals surface area contributed by atoms with Crippen LogP contribution in [0.5, 0.6) is 5.75 Å². The van der Waals surface area contributed by atoms with Gasteiger partial charge >= 0.3 is 0 Å². The van der Waals surface area contributed by atoms with Crippen molar-refractivity contribution in [3.8, 4) is 5.75 Å². The van der Waals surface area contributed by atoms with Crippen LogP contribution < -0.4 is 11.1 Å². The molecule has 0 bridgehead atoms. The summed E-state index contributed by atoms with van der Waals surface area (Å²) in [5, 5.41) is 17.4. The third-order valence-corrected chi connectivity index (χ3v) is 3.05. The number of halogens is 2. The Labute approximate surface area is 125 Å². The van der Waals surface area contributed by atoms with Gasteiger partial charge in [0.25, 0.3) is 0 Å². The molecule has 0 radical (unpaired) electrons. The number of phenols is 1. The van der Waals surface area contributed by atoms with E-state index in [0.29, 0.717) is 22.8 Å². The molecule has 0 aliphatic rings. The van der Waals surface area contributed by atoms with E-state index < -0.39 is 5.91 Å². The molecule has 2 aromatic rings. The van der Waals surface area contributed by atoms with Gasteiger partial charge in [0.1, 0.15) is 12.3 Å². The van der Waals surface area contributed by atoms with Crippen LogP contribution in [0.25, 0.3) is 0 Å². The van der Waals surface area contributed by atoms with E-state index in [1.54, 1.807) is 18.5 Å². The van der Waals surface area contributed by atoms with Crippen molar-refractivity contribution in [2.45, 2.75) is 13.1 Å². The molecule has 106 valence electrons. The lowest BCUT2D eigenvalue weighted by Gasteiger charge is -2.08. The minimum absolute atomic E-state index is 0.00984. The van der Waals surface area contributed by atoms with Crippen molar-refractivity contribution in [1.29, 1.82) is 0 Å². The van der Waals surface area contributed by atoms with Gasteiger partial charge in [0.15, 0.2) is 0 Å². The quantitative estimate of drug-likeness (QED) is 0.786. The number of aromatic hydroxyl groups is 1. The molecular formula is C12H12Cl2N4O2. The van der Waals surface area contributed by atoms with Crippen molar-refractivity contribution < 1.29 is 9.90 Å². The summed E-state index contributed by atoms with van der Waals surface area (Å²) in [5.41, 5.74) is 6.31. The predicted molar refractivity (Wildman–Crippen MR) is 76.9 cm³/mol. The van der Waals surface area contributed by atoms with Crippen LogP contribution in [0.3, 0.4) is 0 Å². The molecular weight excluding hydrogens is 303 g/mol. The molecule has 20 heavy (non-hydrogen) atoms. The molecule has 0 saturated carbocycles. The highest BCUT2D eigenvalue weighted by Gasteiger charge is 2.08. The molecule has 4 N–H and O–H groups in total. The normalized spacial score (nSPS) is 10.5. The third kappa shape index (κ3) is 3.55. The zero-order chi connectivity index (χ0) is 14.7. The van der Waals surface area contributed by atoms with Gasteiger partial charge < -0.3 is 16.2 Å². The Morgan fingerprint density at radius 3 is 2.90 bits per heavy atom. The summed E-state index contributed by atoms with van der Waals surface area (Å²) >= 11 is 11.7. The number of rotatable bonds is 5. The monoisotopic (exact) mass is 314 g/mol. The van der Waals surface area contributed by atoms with Gasteiger partial charge in [-0.1, -0.05) is 23.2 Å².